The number of carbonyl (C=O) groups is 4. The molecule has 0 aliphatic heterocycles. The Kier molecular flexibility index (Phi) is 20.2. The minimum absolute atomic E-state index is 0. The smallest absolute Gasteiger partial charge is 0.0870 e. The maximum Gasteiger partial charge on any atom is 0.0870 e. The van der Waals surface area contributed by atoms with E-state index in [1.165, 1.54) is 0 Å². The van der Waals surface area contributed by atoms with E-state index in [-0.39, 0.29) is 46.5 Å². The monoisotopic (exact) mass is 339 g/mol. The molecule has 0 rings (SSSR count). The molecule has 0 fully saturated rings. The van der Waals surface area contributed by atoms with Crippen molar-refractivity contribution in [2.45, 2.75) is 0 Å². The minimum atomic E-state index is -2.19. The molecule has 0 aliphatic rings. The summed E-state index contributed by atoms with van der Waals surface area (Å²) in [6.45, 7) is 0. The standard InChI is InChI=1S/2C2H2O4.H3N.Pm/c2*3-1(4)2(5)6;;/h2*(H,3,4)(H,5,6);1H3;/p-3. The summed E-state index contributed by atoms with van der Waals surface area (Å²) in [6.07, 6.45) is 0. The van der Waals surface area contributed by atoms with Crippen LogP contribution in [0, 0.1) is 40.4 Å². The van der Waals surface area contributed by atoms with Gasteiger partial charge in [-0.25, -0.2) is 0 Å². The molecule has 1 radical (unpaired) electrons. The van der Waals surface area contributed by atoms with Gasteiger partial charge in [0, 0.05) is 40.4 Å². The number of rotatable bonds is 0. The number of aliphatic carboxylic acids is 4. The number of carboxylic acids is 4. The first kappa shape index (κ1) is 23.2. The molecular weight excluding hydrogens is 335 g/mol. The van der Waals surface area contributed by atoms with Crippen LogP contribution in [-0.4, -0.2) is 23.9 Å². The van der Waals surface area contributed by atoms with Gasteiger partial charge in [-0.15, -0.1) is 0 Å². The van der Waals surface area contributed by atoms with Crippen LogP contribution in [0.25, 0.3) is 0 Å². The average Bonchev–Trinajstić information content (AvgIpc) is 1.88. The van der Waals surface area contributed by atoms with Crippen molar-refractivity contribution in [2.24, 2.45) is 0 Å². The topological polar surface area (TPSA) is 197 Å². The molecule has 0 unspecified atom stereocenters. The zero-order chi connectivity index (χ0) is 10.3. The van der Waals surface area contributed by atoms with Gasteiger partial charge >= 0.3 is 0 Å². The Labute approximate surface area is 109 Å². The fourth-order valence-electron chi connectivity index (χ4n) is 0. The van der Waals surface area contributed by atoms with Crippen LogP contribution in [0.5, 0.6) is 0 Å². The first-order valence-corrected chi connectivity index (χ1v) is 2.13. The van der Waals surface area contributed by atoms with Crippen molar-refractivity contribution in [3.05, 3.63) is 0 Å². The van der Waals surface area contributed by atoms with Crippen molar-refractivity contribution in [1.29, 1.82) is 0 Å². The SMILES string of the molecule is O=C([O-])C(=O)[O-].O=C([O-])C(=O)[O-].[NH4+].[Pm]. The van der Waals surface area contributed by atoms with Gasteiger partial charge in [0.15, 0.2) is 0 Å². The van der Waals surface area contributed by atoms with Crippen molar-refractivity contribution in [1.82, 2.24) is 6.15 Å². The molecule has 4 N–H and O–H groups in total. The van der Waals surface area contributed by atoms with Gasteiger partial charge in [0.05, 0.1) is 23.9 Å². The summed E-state index contributed by atoms with van der Waals surface area (Å²) in [5.41, 5.74) is 0. The van der Waals surface area contributed by atoms with Crippen LogP contribution in [0.4, 0.5) is 0 Å². The van der Waals surface area contributed by atoms with Crippen molar-refractivity contribution in [3.63, 3.8) is 0 Å². The third-order valence-corrected chi connectivity index (χ3v) is 0.333. The molecule has 0 aliphatic carbocycles. The van der Waals surface area contributed by atoms with E-state index >= 15 is 0 Å². The molecule has 0 bridgehead atoms. The van der Waals surface area contributed by atoms with Gasteiger partial charge in [0.25, 0.3) is 0 Å². The average molecular weight is 339 g/mol. The van der Waals surface area contributed by atoms with Crippen molar-refractivity contribution in [3.8, 4) is 0 Å². The van der Waals surface area contributed by atoms with E-state index in [2.05, 4.69) is 0 Å². The molecule has 0 spiro atoms. The first-order valence-electron chi connectivity index (χ1n) is 2.13. The van der Waals surface area contributed by atoms with Crippen LogP contribution in [0.15, 0.2) is 0 Å². The maximum absolute atomic E-state index is 8.93. The van der Waals surface area contributed by atoms with E-state index in [1.54, 1.807) is 0 Å². The second kappa shape index (κ2) is 12.2. The molecular formula is C4H4NO8Pm-3. The zero-order valence-corrected chi connectivity index (χ0v) is 9.58. The number of quaternary nitrogens is 1. The van der Waals surface area contributed by atoms with Gasteiger partial charge in [0.1, 0.15) is 0 Å². The fraction of sp³-hybridized carbons (Fsp3) is 0. The Balaban J connectivity index is -0.0000000625. The summed E-state index contributed by atoms with van der Waals surface area (Å²) in [5, 5.41) is 35.7. The number of carboxylic acid groups (broad SMARTS) is 4. The molecule has 0 saturated heterocycles. The molecule has 9 nitrogen and oxygen atoms in total. The summed E-state index contributed by atoms with van der Waals surface area (Å²) >= 11 is 0. The summed E-state index contributed by atoms with van der Waals surface area (Å²) in [5.74, 6) is -8.74. The summed E-state index contributed by atoms with van der Waals surface area (Å²) in [4.78, 5) is 35.7. The van der Waals surface area contributed by atoms with Crippen LogP contribution in [0.1, 0.15) is 0 Å². The van der Waals surface area contributed by atoms with Crippen molar-refractivity contribution >= 4 is 23.9 Å². The number of hydrogen-bond donors (Lipinski definition) is 1. The predicted octanol–water partition coefficient (Wildman–Crippen LogP) is -6.65. The van der Waals surface area contributed by atoms with Crippen molar-refractivity contribution in [2.75, 3.05) is 0 Å². The van der Waals surface area contributed by atoms with Crippen LogP contribution in [0.2, 0.25) is 0 Å². The van der Waals surface area contributed by atoms with Gasteiger partial charge in [-0.3, -0.25) is 0 Å². The first-order chi connectivity index (χ1) is 5.29. The fourth-order valence-corrected chi connectivity index (χ4v) is 0. The van der Waals surface area contributed by atoms with Gasteiger partial charge in [-0.2, -0.15) is 0 Å². The largest absolute Gasteiger partial charge is 0.543 e. The van der Waals surface area contributed by atoms with Crippen LogP contribution >= 0.6 is 0 Å². The second-order valence-electron chi connectivity index (χ2n) is 1.15. The van der Waals surface area contributed by atoms with Gasteiger partial charge in [0.2, 0.25) is 0 Å². The van der Waals surface area contributed by atoms with E-state index in [1.807, 2.05) is 0 Å². The molecule has 0 aromatic carbocycles. The van der Waals surface area contributed by atoms with Crippen LogP contribution in [-0.2, 0) is 19.2 Å². The summed E-state index contributed by atoms with van der Waals surface area (Å²) in [7, 11) is 0. The molecule has 81 valence electrons. The van der Waals surface area contributed by atoms with E-state index in [0.29, 0.717) is 0 Å². The van der Waals surface area contributed by atoms with E-state index < -0.39 is 23.9 Å². The Morgan fingerprint density at radius 3 is 0.643 bits per heavy atom. The Morgan fingerprint density at radius 1 is 0.571 bits per heavy atom. The molecule has 0 atom stereocenters. The second-order valence-corrected chi connectivity index (χ2v) is 1.15. The minimum Gasteiger partial charge on any atom is -0.543 e. The molecule has 10 heteroatoms. The number of carbonyl (C=O) groups excluding carboxylic acids is 4. The van der Waals surface area contributed by atoms with Gasteiger partial charge < -0.3 is 45.8 Å². The maximum atomic E-state index is 8.93. The van der Waals surface area contributed by atoms with Gasteiger partial charge in [-0.05, 0) is 0 Å². The third-order valence-electron chi connectivity index (χ3n) is 0.333. The Hall–Kier alpha value is -0.822. The molecule has 14 heavy (non-hydrogen) atoms. The number of hydrogen-bond acceptors (Lipinski definition) is 8. The summed E-state index contributed by atoms with van der Waals surface area (Å²) in [6, 6.07) is 0. The Bertz CT molecular complexity index is 177. The van der Waals surface area contributed by atoms with E-state index in [4.69, 9.17) is 39.6 Å². The molecule has 0 amide bonds. The third kappa shape index (κ3) is 22.5. The predicted molar refractivity (Wildman–Crippen MR) is 26.0 cm³/mol. The van der Waals surface area contributed by atoms with E-state index in [9.17, 15) is 0 Å². The van der Waals surface area contributed by atoms with Crippen molar-refractivity contribution < 1.29 is 80.0 Å². The summed E-state index contributed by atoms with van der Waals surface area (Å²) < 4.78 is 0. The Morgan fingerprint density at radius 2 is 0.643 bits per heavy atom. The quantitative estimate of drug-likeness (QED) is 0.420. The van der Waals surface area contributed by atoms with Gasteiger partial charge in [-0.1, -0.05) is 0 Å². The van der Waals surface area contributed by atoms with Crippen LogP contribution in [0.3, 0.4) is 0 Å². The molecule has 0 heterocycles. The molecule has 0 aromatic heterocycles. The van der Waals surface area contributed by atoms with E-state index in [0.717, 1.165) is 0 Å². The molecule has 0 saturated carbocycles. The zero-order valence-electron chi connectivity index (χ0n) is 6.71. The normalized spacial score (nSPS) is 6.29. The van der Waals surface area contributed by atoms with Crippen LogP contribution < -0.4 is 26.6 Å². The molecule has 0 aromatic rings.